The molecule has 1 atom stereocenters. The van der Waals surface area contributed by atoms with Crippen LogP contribution in [0.4, 0.5) is 0 Å². The zero-order valence-electron chi connectivity index (χ0n) is 7.33. The van der Waals surface area contributed by atoms with Crippen molar-refractivity contribution in [3.8, 4) is 5.75 Å². The molecule has 0 amide bonds. The van der Waals surface area contributed by atoms with Gasteiger partial charge in [-0.1, -0.05) is 19.1 Å². The van der Waals surface area contributed by atoms with Gasteiger partial charge in [-0.25, -0.2) is 0 Å². The lowest BCUT2D eigenvalue weighted by Crippen LogP contribution is -1.94. The third kappa shape index (κ3) is 1.45. The molecular formula is C11H14O. The van der Waals surface area contributed by atoms with Crippen molar-refractivity contribution in [2.75, 3.05) is 0 Å². The van der Waals surface area contributed by atoms with Crippen LogP contribution in [0.15, 0.2) is 24.3 Å². The highest BCUT2D eigenvalue weighted by Gasteiger charge is 2.28. The van der Waals surface area contributed by atoms with Crippen LogP contribution in [0.3, 0.4) is 0 Å². The average Bonchev–Trinajstić information content (AvgIpc) is 2.85. The molecule has 1 heteroatoms. The molecule has 1 aromatic carbocycles. The number of phenols is 1. The molecule has 0 heterocycles. The zero-order chi connectivity index (χ0) is 8.55. The SMILES string of the molecule is C[C@@H](c1cccc(O)c1)C1CC1. The summed E-state index contributed by atoms with van der Waals surface area (Å²) in [7, 11) is 0. The van der Waals surface area contributed by atoms with Crippen LogP contribution in [0.5, 0.6) is 5.75 Å². The van der Waals surface area contributed by atoms with Gasteiger partial charge in [0.2, 0.25) is 0 Å². The molecule has 0 radical (unpaired) electrons. The smallest absolute Gasteiger partial charge is 0.115 e. The Kier molecular flexibility index (Phi) is 1.80. The molecule has 12 heavy (non-hydrogen) atoms. The highest BCUT2D eigenvalue weighted by molar-refractivity contribution is 5.30. The fraction of sp³-hybridized carbons (Fsp3) is 0.455. The van der Waals surface area contributed by atoms with Gasteiger partial charge in [-0.2, -0.15) is 0 Å². The molecule has 1 saturated carbocycles. The van der Waals surface area contributed by atoms with Crippen molar-refractivity contribution in [2.24, 2.45) is 5.92 Å². The number of aromatic hydroxyl groups is 1. The third-order valence-electron chi connectivity index (χ3n) is 2.73. The van der Waals surface area contributed by atoms with Gasteiger partial charge in [0, 0.05) is 0 Å². The first-order valence-electron chi connectivity index (χ1n) is 4.56. The highest BCUT2D eigenvalue weighted by Crippen LogP contribution is 2.42. The summed E-state index contributed by atoms with van der Waals surface area (Å²) in [4.78, 5) is 0. The van der Waals surface area contributed by atoms with E-state index in [2.05, 4.69) is 13.0 Å². The van der Waals surface area contributed by atoms with E-state index < -0.39 is 0 Å². The van der Waals surface area contributed by atoms with Gasteiger partial charge in [0.25, 0.3) is 0 Å². The molecule has 64 valence electrons. The highest BCUT2D eigenvalue weighted by atomic mass is 16.3. The second kappa shape index (κ2) is 2.81. The molecule has 0 aliphatic heterocycles. The number of benzene rings is 1. The summed E-state index contributed by atoms with van der Waals surface area (Å²) in [5.41, 5.74) is 1.28. The molecule has 0 unspecified atom stereocenters. The predicted octanol–water partition coefficient (Wildman–Crippen LogP) is 2.91. The van der Waals surface area contributed by atoms with Gasteiger partial charge in [0.1, 0.15) is 5.75 Å². The van der Waals surface area contributed by atoms with Crippen LogP contribution in [-0.4, -0.2) is 5.11 Å². The van der Waals surface area contributed by atoms with Crippen LogP contribution in [0.25, 0.3) is 0 Å². The van der Waals surface area contributed by atoms with E-state index in [0.717, 1.165) is 5.92 Å². The van der Waals surface area contributed by atoms with E-state index in [1.807, 2.05) is 12.1 Å². The molecule has 1 aromatic rings. The first-order valence-corrected chi connectivity index (χ1v) is 4.56. The summed E-state index contributed by atoms with van der Waals surface area (Å²) < 4.78 is 0. The maximum Gasteiger partial charge on any atom is 0.115 e. The summed E-state index contributed by atoms with van der Waals surface area (Å²) in [5, 5.41) is 9.26. The van der Waals surface area contributed by atoms with Crippen molar-refractivity contribution in [3.05, 3.63) is 29.8 Å². The maximum atomic E-state index is 9.26. The van der Waals surface area contributed by atoms with Crippen molar-refractivity contribution < 1.29 is 5.11 Å². The normalized spacial score (nSPS) is 19.1. The van der Waals surface area contributed by atoms with Crippen LogP contribution in [0, 0.1) is 5.92 Å². The molecule has 1 aliphatic carbocycles. The zero-order valence-corrected chi connectivity index (χ0v) is 7.33. The standard InChI is InChI=1S/C11H14O/c1-8(9-5-6-9)10-3-2-4-11(12)7-10/h2-4,7-9,12H,5-6H2,1H3/t8-/m1/s1. The molecule has 1 N–H and O–H groups in total. The maximum absolute atomic E-state index is 9.26. The summed E-state index contributed by atoms with van der Waals surface area (Å²) in [6, 6.07) is 7.62. The molecule has 2 rings (SSSR count). The Morgan fingerprint density at radius 2 is 2.17 bits per heavy atom. The van der Waals surface area contributed by atoms with Crippen LogP contribution < -0.4 is 0 Å². The molecule has 0 bridgehead atoms. The number of rotatable bonds is 2. The Balaban J connectivity index is 2.20. The van der Waals surface area contributed by atoms with Gasteiger partial charge in [-0.15, -0.1) is 0 Å². The second-order valence-electron chi connectivity index (χ2n) is 3.72. The topological polar surface area (TPSA) is 20.2 Å². The Hall–Kier alpha value is -0.980. The molecule has 1 fully saturated rings. The Morgan fingerprint density at radius 3 is 2.75 bits per heavy atom. The Morgan fingerprint density at radius 1 is 1.42 bits per heavy atom. The first-order chi connectivity index (χ1) is 5.77. The lowest BCUT2D eigenvalue weighted by molar-refractivity contribution is 0.473. The summed E-state index contributed by atoms with van der Waals surface area (Å²) in [6.07, 6.45) is 2.72. The second-order valence-corrected chi connectivity index (χ2v) is 3.72. The average molecular weight is 162 g/mol. The summed E-state index contributed by atoms with van der Waals surface area (Å²) in [5.74, 6) is 1.88. The molecule has 1 nitrogen and oxygen atoms in total. The van der Waals surface area contributed by atoms with Crippen molar-refractivity contribution in [2.45, 2.75) is 25.7 Å². The number of hydrogen-bond donors (Lipinski definition) is 1. The van der Waals surface area contributed by atoms with E-state index in [1.165, 1.54) is 18.4 Å². The molecule has 1 aliphatic rings. The fourth-order valence-electron chi connectivity index (χ4n) is 1.68. The summed E-state index contributed by atoms with van der Waals surface area (Å²) >= 11 is 0. The van der Waals surface area contributed by atoms with Crippen molar-refractivity contribution >= 4 is 0 Å². The van der Waals surface area contributed by atoms with Crippen LogP contribution >= 0.6 is 0 Å². The van der Waals surface area contributed by atoms with Gasteiger partial charge in [-0.3, -0.25) is 0 Å². The van der Waals surface area contributed by atoms with Gasteiger partial charge in [0.05, 0.1) is 0 Å². The van der Waals surface area contributed by atoms with E-state index in [9.17, 15) is 5.11 Å². The number of phenolic OH excluding ortho intramolecular Hbond substituents is 1. The quantitative estimate of drug-likeness (QED) is 0.709. The van der Waals surface area contributed by atoms with Gasteiger partial charge in [0.15, 0.2) is 0 Å². The minimum atomic E-state index is 0.389. The minimum Gasteiger partial charge on any atom is -0.508 e. The lowest BCUT2D eigenvalue weighted by atomic mass is 9.96. The third-order valence-corrected chi connectivity index (χ3v) is 2.73. The molecule has 0 saturated heterocycles. The largest absolute Gasteiger partial charge is 0.508 e. The predicted molar refractivity (Wildman–Crippen MR) is 49.2 cm³/mol. The van der Waals surface area contributed by atoms with E-state index in [4.69, 9.17) is 0 Å². The first kappa shape index (κ1) is 7.66. The van der Waals surface area contributed by atoms with E-state index in [1.54, 1.807) is 6.07 Å². The van der Waals surface area contributed by atoms with Crippen molar-refractivity contribution in [1.82, 2.24) is 0 Å². The van der Waals surface area contributed by atoms with Crippen molar-refractivity contribution in [1.29, 1.82) is 0 Å². The molecular weight excluding hydrogens is 148 g/mol. The van der Waals surface area contributed by atoms with Gasteiger partial charge < -0.3 is 5.11 Å². The fourth-order valence-corrected chi connectivity index (χ4v) is 1.68. The van der Waals surface area contributed by atoms with Gasteiger partial charge >= 0.3 is 0 Å². The van der Waals surface area contributed by atoms with Crippen LogP contribution in [0.1, 0.15) is 31.2 Å². The van der Waals surface area contributed by atoms with E-state index >= 15 is 0 Å². The molecule has 0 aromatic heterocycles. The van der Waals surface area contributed by atoms with Crippen LogP contribution in [0.2, 0.25) is 0 Å². The lowest BCUT2D eigenvalue weighted by Gasteiger charge is -2.09. The van der Waals surface area contributed by atoms with Crippen molar-refractivity contribution in [3.63, 3.8) is 0 Å². The molecule has 0 spiro atoms. The van der Waals surface area contributed by atoms with E-state index in [0.29, 0.717) is 11.7 Å². The van der Waals surface area contributed by atoms with E-state index in [-0.39, 0.29) is 0 Å². The monoisotopic (exact) mass is 162 g/mol. The minimum absolute atomic E-state index is 0.389. The van der Waals surface area contributed by atoms with Gasteiger partial charge in [-0.05, 0) is 42.4 Å². The Bertz CT molecular complexity index is 276. The Labute approximate surface area is 73.0 Å². The summed E-state index contributed by atoms with van der Waals surface area (Å²) in [6.45, 7) is 2.24. The van der Waals surface area contributed by atoms with Crippen LogP contribution in [-0.2, 0) is 0 Å². The number of hydrogen-bond acceptors (Lipinski definition) is 1.